The summed E-state index contributed by atoms with van der Waals surface area (Å²) in [6.07, 6.45) is 3.30. The average molecular weight is 357 g/mol. The van der Waals surface area contributed by atoms with Gasteiger partial charge in [0.2, 0.25) is 5.95 Å². The number of hydrogen-bond donors (Lipinski definition) is 0. The molecule has 3 aromatic rings. The van der Waals surface area contributed by atoms with E-state index in [1.165, 1.54) is 4.57 Å². The molecule has 4 rings (SSSR count). The van der Waals surface area contributed by atoms with Gasteiger partial charge in [-0.1, -0.05) is 17.7 Å². The Bertz CT molecular complexity index is 996. The summed E-state index contributed by atoms with van der Waals surface area (Å²) in [5, 5.41) is 1.00. The van der Waals surface area contributed by atoms with Crippen molar-refractivity contribution in [3.05, 3.63) is 57.6 Å². The van der Waals surface area contributed by atoms with Crippen LogP contribution in [0.3, 0.4) is 0 Å². The fourth-order valence-corrected chi connectivity index (χ4v) is 3.26. The van der Waals surface area contributed by atoms with Crippen molar-refractivity contribution >= 4 is 28.5 Å². The summed E-state index contributed by atoms with van der Waals surface area (Å²) >= 11 is 6.30. The van der Waals surface area contributed by atoms with E-state index in [4.69, 9.17) is 16.3 Å². The van der Waals surface area contributed by atoms with E-state index in [0.29, 0.717) is 40.8 Å². The van der Waals surface area contributed by atoms with E-state index in [9.17, 15) is 4.79 Å². The Morgan fingerprint density at radius 3 is 2.76 bits per heavy atom. The van der Waals surface area contributed by atoms with Crippen LogP contribution in [-0.4, -0.2) is 40.8 Å². The molecule has 25 heavy (non-hydrogen) atoms. The molecule has 6 nitrogen and oxygen atoms in total. The fraction of sp³-hybridized carbons (Fsp3) is 0.278. The van der Waals surface area contributed by atoms with E-state index in [1.54, 1.807) is 12.4 Å². The molecule has 0 amide bonds. The maximum Gasteiger partial charge on any atom is 0.266 e. The number of aromatic nitrogens is 3. The van der Waals surface area contributed by atoms with Crippen LogP contribution >= 0.6 is 11.6 Å². The zero-order chi connectivity index (χ0) is 17.4. The molecule has 0 saturated carbocycles. The second-order valence-electron chi connectivity index (χ2n) is 6.01. The zero-order valence-corrected chi connectivity index (χ0v) is 14.5. The monoisotopic (exact) mass is 356 g/mol. The first-order chi connectivity index (χ1) is 12.1. The van der Waals surface area contributed by atoms with Crippen molar-refractivity contribution in [2.24, 2.45) is 0 Å². The quantitative estimate of drug-likeness (QED) is 0.706. The minimum atomic E-state index is -0.184. The first-order valence-electron chi connectivity index (χ1n) is 8.11. The van der Waals surface area contributed by atoms with Gasteiger partial charge in [0.1, 0.15) is 0 Å². The Labute approximate surface area is 149 Å². The zero-order valence-electron chi connectivity index (χ0n) is 13.8. The predicted octanol–water partition coefficient (Wildman–Crippen LogP) is 2.58. The lowest BCUT2D eigenvalue weighted by Gasteiger charge is -2.26. The van der Waals surface area contributed by atoms with Gasteiger partial charge in [0.05, 0.1) is 34.8 Å². The van der Waals surface area contributed by atoms with Crippen molar-refractivity contribution in [3.63, 3.8) is 0 Å². The van der Waals surface area contributed by atoms with Gasteiger partial charge < -0.3 is 9.64 Å². The Morgan fingerprint density at radius 1 is 1.20 bits per heavy atom. The SMILES string of the molecule is Cc1ccc(-n2ccc3nc(N4CCOCC4)ncc3c2=O)c(Cl)c1. The molecule has 1 aromatic carbocycles. The van der Waals surface area contributed by atoms with Gasteiger partial charge in [0.15, 0.2) is 0 Å². The molecule has 1 aliphatic heterocycles. The van der Waals surface area contributed by atoms with Crippen LogP contribution in [0.2, 0.25) is 5.02 Å². The van der Waals surface area contributed by atoms with Crippen molar-refractivity contribution < 1.29 is 4.74 Å². The first-order valence-corrected chi connectivity index (χ1v) is 8.49. The summed E-state index contributed by atoms with van der Waals surface area (Å²) in [6, 6.07) is 7.42. The molecule has 2 aromatic heterocycles. The van der Waals surface area contributed by atoms with Crippen LogP contribution < -0.4 is 10.5 Å². The molecule has 0 atom stereocenters. The second-order valence-corrected chi connectivity index (χ2v) is 6.42. The van der Waals surface area contributed by atoms with Crippen LogP contribution in [0.1, 0.15) is 5.56 Å². The number of rotatable bonds is 2. The predicted molar refractivity (Wildman–Crippen MR) is 97.9 cm³/mol. The smallest absolute Gasteiger partial charge is 0.266 e. The molecule has 7 heteroatoms. The van der Waals surface area contributed by atoms with Crippen LogP contribution in [0, 0.1) is 6.92 Å². The second kappa shape index (κ2) is 6.46. The molecule has 3 heterocycles. The highest BCUT2D eigenvalue weighted by atomic mass is 35.5. The molecule has 0 aliphatic carbocycles. The molecular formula is C18H17ClN4O2. The average Bonchev–Trinajstić information content (AvgIpc) is 2.63. The third-order valence-electron chi connectivity index (χ3n) is 4.29. The maximum absolute atomic E-state index is 12.8. The third-order valence-corrected chi connectivity index (χ3v) is 4.60. The standard InChI is InChI=1S/C18H17ClN4O2/c1-12-2-3-16(14(19)10-12)23-5-4-15-13(17(23)24)11-20-18(21-15)22-6-8-25-9-7-22/h2-5,10-11H,6-9H2,1H3. The number of benzene rings is 1. The summed E-state index contributed by atoms with van der Waals surface area (Å²) in [6.45, 7) is 4.78. The summed E-state index contributed by atoms with van der Waals surface area (Å²) in [7, 11) is 0. The normalized spacial score (nSPS) is 14.9. The van der Waals surface area contributed by atoms with E-state index < -0.39 is 0 Å². The Morgan fingerprint density at radius 2 is 2.00 bits per heavy atom. The summed E-state index contributed by atoms with van der Waals surface area (Å²) in [5.41, 5.74) is 2.13. The molecule has 0 spiro atoms. The number of pyridine rings is 1. The Kier molecular flexibility index (Phi) is 4.15. The Hall–Kier alpha value is -2.44. The first kappa shape index (κ1) is 16.1. The highest BCUT2D eigenvalue weighted by molar-refractivity contribution is 6.32. The van der Waals surface area contributed by atoms with Gasteiger partial charge in [-0.2, -0.15) is 0 Å². The molecule has 128 valence electrons. The number of halogens is 1. The number of nitrogens with zero attached hydrogens (tertiary/aromatic N) is 4. The highest BCUT2D eigenvalue weighted by Crippen LogP contribution is 2.21. The number of hydrogen-bond acceptors (Lipinski definition) is 5. The van der Waals surface area contributed by atoms with Gasteiger partial charge in [-0.05, 0) is 30.7 Å². The van der Waals surface area contributed by atoms with Crippen molar-refractivity contribution in [1.82, 2.24) is 14.5 Å². The van der Waals surface area contributed by atoms with Crippen LogP contribution in [0.15, 0.2) is 41.5 Å². The van der Waals surface area contributed by atoms with Gasteiger partial charge in [-0.3, -0.25) is 9.36 Å². The lowest BCUT2D eigenvalue weighted by Crippen LogP contribution is -2.37. The van der Waals surface area contributed by atoms with E-state index in [0.717, 1.165) is 18.7 Å². The van der Waals surface area contributed by atoms with Gasteiger partial charge >= 0.3 is 0 Å². The van der Waals surface area contributed by atoms with Crippen molar-refractivity contribution in [3.8, 4) is 5.69 Å². The van der Waals surface area contributed by atoms with Crippen LogP contribution in [0.4, 0.5) is 5.95 Å². The fourth-order valence-electron chi connectivity index (χ4n) is 2.93. The number of morpholine rings is 1. The third kappa shape index (κ3) is 2.99. The Balaban J connectivity index is 1.79. The van der Waals surface area contributed by atoms with Crippen LogP contribution in [0.25, 0.3) is 16.6 Å². The lowest BCUT2D eigenvalue weighted by molar-refractivity contribution is 0.122. The molecule has 1 fully saturated rings. The van der Waals surface area contributed by atoms with Gasteiger partial charge in [-0.15, -0.1) is 0 Å². The maximum atomic E-state index is 12.8. The molecule has 0 N–H and O–H groups in total. The summed E-state index contributed by atoms with van der Waals surface area (Å²) in [4.78, 5) is 23.8. The van der Waals surface area contributed by atoms with Crippen LogP contribution in [-0.2, 0) is 4.74 Å². The molecular weight excluding hydrogens is 340 g/mol. The molecule has 0 bridgehead atoms. The number of anilines is 1. The van der Waals surface area contributed by atoms with E-state index in [2.05, 4.69) is 14.9 Å². The van der Waals surface area contributed by atoms with Gasteiger partial charge in [0, 0.05) is 25.5 Å². The van der Waals surface area contributed by atoms with E-state index >= 15 is 0 Å². The van der Waals surface area contributed by atoms with Gasteiger partial charge in [0.25, 0.3) is 5.56 Å². The van der Waals surface area contributed by atoms with Crippen LogP contribution in [0.5, 0.6) is 0 Å². The summed E-state index contributed by atoms with van der Waals surface area (Å²) < 4.78 is 6.88. The minimum absolute atomic E-state index is 0.184. The molecule has 1 aliphatic rings. The number of aryl methyl sites for hydroxylation is 1. The van der Waals surface area contributed by atoms with Gasteiger partial charge in [-0.25, -0.2) is 9.97 Å². The summed E-state index contributed by atoms with van der Waals surface area (Å²) in [5.74, 6) is 0.626. The van der Waals surface area contributed by atoms with E-state index in [-0.39, 0.29) is 5.56 Å². The highest BCUT2D eigenvalue weighted by Gasteiger charge is 2.15. The number of ether oxygens (including phenoxy) is 1. The minimum Gasteiger partial charge on any atom is -0.378 e. The molecule has 1 saturated heterocycles. The van der Waals surface area contributed by atoms with E-state index in [1.807, 2.05) is 31.2 Å². The molecule has 0 unspecified atom stereocenters. The van der Waals surface area contributed by atoms with Crippen molar-refractivity contribution in [2.75, 3.05) is 31.2 Å². The van der Waals surface area contributed by atoms with Crippen molar-refractivity contribution in [1.29, 1.82) is 0 Å². The van der Waals surface area contributed by atoms with Crippen molar-refractivity contribution in [2.45, 2.75) is 6.92 Å². The largest absolute Gasteiger partial charge is 0.378 e. The lowest BCUT2D eigenvalue weighted by atomic mass is 10.2. The number of fused-ring (bicyclic) bond motifs is 1. The molecule has 0 radical (unpaired) electrons. The topological polar surface area (TPSA) is 60.3 Å².